The van der Waals surface area contributed by atoms with Gasteiger partial charge in [0, 0.05) is 13.1 Å². The van der Waals surface area contributed by atoms with Crippen molar-refractivity contribution in [1.82, 2.24) is 9.96 Å². The molecule has 0 bridgehead atoms. The van der Waals surface area contributed by atoms with Crippen LogP contribution in [0.1, 0.15) is 55.3 Å². The predicted octanol–water partition coefficient (Wildman–Crippen LogP) is 2.63. The van der Waals surface area contributed by atoms with Gasteiger partial charge in [-0.25, -0.2) is 9.59 Å². The van der Waals surface area contributed by atoms with Crippen molar-refractivity contribution in [3.05, 3.63) is 35.4 Å². The van der Waals surface area contributed by atoms with Gasteiger partial charge in [-0.2, -0.15) is 0 Å². The van der Waals surface area contributed by atoms with E-state index in [1.807, 2.05) is 13.8 Å². The van der Waals surface area contributed by atoms with Crippen LogP contribution in [0.5, 0.6) is 0 Å². The van der Waals surface area contributed by atoms with Crippen LogP contribution < -0.4 is 0 Å². The lowest BCUT2D eigenvalue weighted by atomic mass is 9.82. The van der Waals surface area contributed by atoms with Crippen molar-refractivity contribution in [2.45, 2.75) is 40.2 Å². The molecular formula is C20H24N2O6. The number of carbonyl (C=O) groups is 4. The lowest BCUT2D eigenvalue weighted by Gasteiger charge is -2.25. The van der Waals surface area contributed by atoms with Crippen LogP contribution in [-0.4, -0.2) is 52.5 Å². The van der Waals surface area contributed by atoms with Crippen LogP contribution in [-0.2, 0) is 14.4 Å². The number of hydrogen-bond donors (Lipinski definition) is 0. The fourth-order valence-electron chi connectivity index (χ4n) is 3.40. The maximum absolute atomic E-state index is 12.8. The maximum Gasteiger partial charge on any atom is 0.410 e. The van der Waals surface area contributed by atoms with Gasteiger partial charge in [-0.1, -0.05) is 31.0 Å². The molecule has 1 atom stereocenters. The minimum atomic E-state index is -0.731. The Labute approximate surface area is 163 Å². The molecule has 8 nitrogen and oxygen atoms in total. The molecule has 8 heteroatoms. The topological polar surface area (TPSA) is 93.2 Å². The van der Waals surface area contributed by atoms with Crippen molar-refractivity contribution < 1.29 is 28.8 Å². The molecule has 1 unspecified atom stereocenters. The van der Waals surface area contributed by atoms with E-state index in [0.717, 1.165) is 0 Å². The van der Waals surface area contributed by atoms with Gasteiger partial charge >= 0.3 is 12.1 Å². The second kappa shape index (κ2) is 6.61. The third-order valence-electron chi connectivity index (χ3n) is 4.82. The zero-order valence-corrected chi connectivity index (χ0v) is 16.6. The number of benzene rings is 1. The highest BCUT2D eigenvalue weighted by Gasteiger charge is 2.49. The van der Waals surface area contributed by atoms with Gasteiger partial charge in [0.2, 0.25) is 0 Å². The number of hydroxylamine groups is 2. The van der Waals surface area contributed by atoms with Crippen LogP contribution in [0.2, 0.25) is 0 Å². The van der Waals surface area contributed by atoms with Crippen molar-refractivity contribution in [2.24, 2.45) is 11.3 Å². The molecule has 150 valence electrons. The lowest BCUT2D eigenvalue weighted by molar-refractivity contribution is -0.176. The van der Waals surface area contributed by atoms with E-state index in [4.69, 9.17) is 9.57 Å². The highest BCUT2D eigenvalue weighted by Crippen LogP contribution is 2.37. The number of amides is 3. The number of ether oxygens (including phenoxy) is 1. The molecule has 1 aromatic carbocycles. The van der Waals surface area contributed by atoms with Crippen LogP contribution in [0, 0.1) is 11.3 Å². The van der Waals surface area contributed by atoms with E-state index in [1.165, 1.54) is 17.0 Å². The number of imide groups is 1. The normalized spacial score (nSPS) is 21.0. The minimum Gasteiger partial charge on any atom is -0.444 e. The van der Waals surface area contributed by atoms with Crippen LogP contribution in [0.4, 0.5) is 4.79 Å². The summed E-state index contributed by atoms with van der Waals surface area (Å²) >= 11 is 0. The lowest BCUT2D eigenvalue weighted by Crippen LogP contribution is -2.39. The second-order valence-electron chi connectivity index (χ2n) is 8.76. The largest absolute Gasteiger partial charge is 0.444 e. The molecular weight excluding hydrogens is 364 g/mol. The number of fused-ring (bicyclic) bond motifs is 1. The Balaban J connectivity index is 1.72. The molecule has 28 heavy (non-hydrogen) atoms. The molecule has 0 N–H and O–H groups in total. The first-order valence-electron chi connectivity index (χ1n) is 9.08. The molecule has 0 saturated carbocycles. The highest BCUT2D eigenvalue weighted by molar-refractivity contribution is 6.20. The summed E-state index contributed by atoms with van der Waals surface area (Å²) in [6, 6.07) is 6.28. The number of likely N-dealkylation sites (tertiary alicyclic amines) is 1. The summed E-state index contributed by atoms with van der Waals surface area (Å²) in [7, 11) is 0. The smallest absolute Gasteiger partial charge is 0.410 e. The van der Waals surface area contributed by atoms with Gasteiger partial charge < -0.3 is 14.5 Å². The molecule has 3 rings (SSSR count). The first kappa shape index (κ1) is 19.9. The van der Waals surface area contributed by atoms with Crippen molar-refractivity contribution >= 4 is 23.9 Å². The van der Waals surface area contributed by atoms with Gasteiger partial charge in [0.1, 0.15) is 5.60 Å². The summed E-state index contributed by atoms with van der Waals surface area (Å²) in [5, 5.41) is 0.499. The highest BCUT2D eigenvalue weighted by atomic mass is 16.7. The summed E-state index contributed by atoms with van der Waals surface area (Å²) in [5.74, 6) is -2.78. The van der Waals surface area contributed by atoms with Gasteiger partial charge in [-0.05, 0) is 38.3 Å². The van der Waals surface area contributed by atoms with Gasteiger partial charge in [-0.15, -0.1) is 0 Å². The van der Waals surface area contributed by atoms with E-state index < -0.39 is 40.8 Å². The molecule has 0 radical (unpaired) electrons. The quantitative estimate of drug-likeness (QED) is 0.723. The zero-order chi connectivity index (χ0) is 20.9. The van der Waals surface area contributed by atoms with Crippen molar-refractivity contribution in [3.63, 3.8) is 0 Å². The molecule has 1 saturated heterocycles. The summed E-state index contributed by atoms with van der Waals surface area (Å²) in [5.41, 5.74) is -0.866. The standard InChI is InChI=1S/C20H24N2O6/c1-19(2,3)27-18(26)21-10-14(20(4,5)11-21)17(25)28-22-15(23)12-8-6-7-9-13(12)16(22)24/h6-9,14H,10-11H2,1-5H3. The van der Waals surface area contributed by atoms with Crippen molar-refractivity contribution in [1.29, 1.82) is 0 Å². The third-order valence-corrected chi connectivity index (χ3v) is 4.82. The molecule has 2 aliphatic rings. The van der Waals surface area contributed by atoms with Gasteiger partial charge in [0.25, 0.3) is 11.8 Å². The number of rotatable bonds is 2. The van der Waals surface area contributed by atoms with E-state index in [9.17, 15) is 19.2 Å². The Bertz CT molecular complexity index is 819. The molecule has 0 aromatic heterocycles. The number of hydrogen-bond acceptors (Lipinski definition) is 6. The Morgan fingerprint density at radius 1 is 1.07 bits per heavy atom. The summed E-state index contributed by atoms with van der Waals surface area (Å²) in [6.07, 6.45) is -0.517. The number of carbonyl (C=O) groups excluding carboxylic acids is 4. The van der Waals surface area contributed by atoms with Crippen LogP contribution in [0.25, 0.3) is 0 Å². The zero-order valence-electron chi connectivity index (χ0n) is 16.6. The average Bonchev–Trinajstić information content (AvgIpc) is 3.03. The molecule has 3 amide bonds. The Morgan fingerprint density at radius 2 is 1.61 bits per heavy atom. The van der Waals surface area contributed by atoms with Crippen LogP contribution >= 0.6 is 0 Å². The Morgan fingerprint density at radius 3 is 2.11 bits per heavy atom. The van der Waals surface area contributed by atoms with Crippen molar-refractivity contribution in [2.75, 3.05) is 13.1 Å². The third kappa shape index (κ3) is 3.58. The maximum atomic E-state index is 12.8. The predicted molar refractivity (Wildman–Crippen MR) is 98.1 cm³/mol. The first-order valence-corrected chi connectivity index (χ1v) is 9.08. The molecule has 1 fully saturated rings. The van der Waals surface area contributed by atoms with E-state index >= 15 is 0 Å². The fraction of sp³-hybridized carbons (Fsp3) is 0.500. The van der Waals surface area contributed by atoms with Crippen molar-refractivity contribution in [3.8, 4) is 0 Å². The van der Waals surface area contributed by atoms with Gasteiger partial charge in [-0.3, -0.25) is 9.59 Å². The second-order valence-corrected chi connectivity index (χ2v) is 8.76. The first-order chi connectivity index (χ1) is 12.9. The van der Waals surface area contributed by atoms with Gasteiger partial charge in [0.05, 0.1) is 17.0 Å². The number of nitrogens with zero attached hydrogens (tertiary/aromatic N) is 2. The van der Waals surface area contributed by atoms with Gasteiger partial charge in [0.15, 0.2) is 0 Å². The van der Waals surface area contributed by atoms with E-state index in [1.54, 1.807) is 32.9 Å². The SMILES string of the molecule is CC(C)(C)OC(=O)N1CC(C(=O)ON2C(=O)c3ccccc3C2=O)C(C)(C)C1. The van der Waals surface area contributed by atoms with E-state index in [0.29, 0.717) is 11.6 Å². The van der Waals surface area contributed by atoms with Crippen LogP contribution in [0.3, 0.4) is 0 Å². The Kier molecular flexibility index (Phi) is 4.69. The minimum absolute atomic E-state index is 0.0872. The monoisotopic (exact) mass is 388 g/mol. The summed E-state index contributed by atoms with van der Waals surface area (Å²) in [6.45, 7) is 9.32. The van der Waals surface area contributed by atoms with E-state index in [2.05, 4.69) is 0 Å². The molecule has 0 aliphatic carbocycles. The molecule has 1 aromatic rings. The molecule has 0 spiro atoms. The summed E-state index contributed by atoms with van der Waals surface area (Å²) in [4.78, 5) is 56.5. The summed E-state index contributed by atoms with van der Waals surface area (Å²) < 4.78 is 5.37. The molecule has 2 aliphatic heterocycles. The van der Waals surface area contributed by atoms with E-state index in [-0.39, 0.29) is 17.7 Å². The average molecular weight is 388 g/mol. The van der Waals surface area contributed by atoms with Crippen LogP contribution in [0.15, 0.2) is 24.3 Å². The fourth-order valence-corrected chi connectivity index (χ4v) is 3.40. The Hall–Kier alpha value is -2.90. The molecule has 2 heterocycles.